The van der Waals surface area contributed by atoms with Crippen LogP contribution in [0.15, 0.2) is 24.3 Å². The third kappa shape index (κ3) is 4.92. The van der Waals surface area contributed by atoms with Crippen molar-refractivity contribution in [2.75, 3.05) is 6.61 Å². The standard InChI is InChI=1S/C15H12Cl2FNO3S/c1-8-2-3-9(4-11(8)18)6-19-13(20)7-22-15(21)10-5-12(16)23-14(10)17/h2-5H,6-7H2,1H3,(H,19,20). The number of carbonyl (C=O) groups is 2. The van der Waals surface area contributed by atoms with E-state index in [9.17, 15) is 14.0 Å². The highest BCUT2D eigenvalue weighted by Gasteiger charge is 2.16. The molecule has 0 saturated heterocycles. The normalized spacial score (nSPS) is 10.4. The first-order chi connectivity index (χ1) is 10.9. The molecule has 1 N–H and O–H groups in total. The Hall–Kier alpha value is -1.63. The fourth-order valence-corrected chi connectivity index (χ4v) is 3.13. The van der Waals surface area contributed by atoms with Gasteiger partial charge < -0.3 is 10.1 Å². The average Bonchev–Trinajstić information content (AvgIpc) is 2.84. The maximum Gasteiger partial charge on any atom is 0.341 e. The van der Waals surface area contributed by atoms with Crippen molar-refractivity contribution in [1.82, 2.24) is 5.32 Å². The molecule has 1 aromatic carbocycles. The highest BCUT2D eigenvalue weighted by atomic mass is 35.5. The molecule has 1 amide bonds. The van der Waals surface area contributed by atoms with Gasteiger partial charge >= 0.3 is 5.97 Å². The van der Waals surface area contributed by atoms with Crippen molar-refractivity contribution in [1.29, 1.82) is 0 Å². The lowest BCUT2D eigenvalue weighted by atomic mass is 10.1. The van der Waals surface area contributed by atoms with E-state index in [1.807, 2.05) is 0 Å². The van der Waals surface area contributed by atoms with Crippen molar-refractivity contribution in [3.63, 3.8) is 0 Å². The van der Waals surface area contributed by atoms with Gasteiger partial charge in [0.1, 0.15) is 10.2 Å². The van der Waals surface area contributed by atoms with Gasteiger partial charge in [-0.25, -0.2) is 9.18 Å². The number of esters is 1. The second kappa shape index (κ2) is 7.77. The third-order valence-electron chi connectivity index (χ3n) is 2.94. The maximum atomic E-state index is 13.4. The molecule has 122 valence electrons. The zero-order valence-corrected chi connectivity index (χ0v) is 14.3. The van der Waals surface area contributed by atoms with Crippen molar-refractivity contribution >= 4 is 46.4 Å². The quantitative estimate of drug-likeness (QED) is 0.804. The molecule has 2 rings (SSSR count). The molecule has 0 spiro atoms. The molecule has 0 aliphatic rings. The van der Waals surface area contributed by atoms with Gasteiger partial charge in [-0.1, -0.05) is 35.3 Å². The molecule has 1 heterocycles. The van der Waals surface area contributed by atoms with Gasteiger partial charge in [0.25, 0.3) is 5.91 Å². The summed E-state index contributed by atoms with van der Waals surface area (Å²) >= 11 is 12.6. The van der Waals surface area contributed by atoms with Gasteiger partial charge in [0.15, 0.2) is 6.61 Å². The number of hydrogen-bond donors (Lipinski definition) is 1. The summed E-state index contributed by atoms with van der Waals surface area (Å²) in [5.74, 6) is -1.57. The van der Waals surface area contributed by atoms with Crippen LogP contribution in [0.25, 0.3) is 0 Å². The van der Waals surface area contributed by atoms with Gasteiger partial charge in [-0.15, -0.1) is 11.3 Å². The summed E-state index contributed by atoms with van der Waals surface area (Å²) in [4.78, 5) is 23.4. The Kier molecular flexibility index (Phi) is 5.98. The number of thiophene rings is 1. The largest absolute Gasteiger partial charge is 0.452 e. The lowest BCUT2D eigenvalue weighted by Gasteiger charge is -2.07. The molecule has 0 aliphatic heterocycles. The van der Waals surface area contributed by atoms with Crippen molar-refractivity contribution in [2.24, 2.45) is 0 Å². The van der Waals surface area contributed by atoms with Gasteiger partial charge in [0.05, 0.1) is 9.90 Å². The van der Waals surface area contributed by atoms with E-state index >= 15 is 0 Å². The number of carbonyl (C=O) groups excluding carboxylic acids is 2. The van der Waals surface area contributed by atoms with Crippen LogP contribution in [0.4, 0.5) is 4.39 Å². The van der Waals surface area contributed by atoms with Gasteiger partial charge in [-0.2, -0.15) is 0 Å². The summed E-state index contributed by atoms with van der Waals surface area (Å²) < 4.78 is 18.8. The zero-order chi connectivity index (χ0) is 17.0. The number of rotatable bonds is 5. The van der Waals surface area contributed by atoms with Crippen LogP contribution in [0.5, 0.6) is 0 Å². The lowest BCUT2D eigenvalue weighted by molar-refractivity contribution is -0.124. The van der Waals surface area contributed by atoms with E-state index < -0.39 is 18.5 Å². The van der Waals surface area contributed by atoms with Crippen molar-refractivity contribution < 1.29 is 18.7 Å². The molecule has 0 atom stereocenters. The SMILES string of the molecule is Cc1ccc(CNC(=O)COC(=O)c2cc(Cl)sc2Cl)cc1F. The summed E-state index contributed by atoms with van der Waals surface area (Å²) in [6.07, 6.45) is 0. The number of nitrogens with one attached hydrogen (secondary N) is 1. The summed E-state index contributed by atoms with van der Waals surface area (Å²) in [5, 5.41) is 2.53. The first kappa shape index (κ1) is 17.7. The van der Waals surface area contributed by atoms with E-state index in [1.54, 1.807) is 19.1 Å². The monoisotopic (exact) mass is 375 g/mol. The van der Waals surface area contributed by atoms with Crippen LogP contribution in [0.2, 0.25) is 8.67 Å². The van der Waals surface area contributed by atoms with Crippen LogP contribution in [0, 0.1) is 12.7 Å². The topological polar surface area (TPSA) is 55.4 Å². The minimum absolute atomic E-state index is 0.120. The number of aryl methyl sites for hydroxylation is 1. The Morgan fingerprint density at radius 1 is 1.30 bits per heavy atom. The molecular weight excluding hydrogens is 364 g/mol. The van der Waals surface area contributed by atoms with Crippen LogP contribution in [0.1, 0.15) is 21.5 Å². The summed E-state index contributed by atoms with van der Waals surface area (Å²) in [6, 6.07) is 6.05. The van der Waals surface area contributed by atoms with E-state index in [4.69, 9.17) is 27.9 Å². The van der Waals surface area contributed by atoms with Crippen molar-refractivity contribution in [3.05, 3.63) is 55.4 Å². The predicted octanol–water partition coefficient (Wildman–Crippen LogP) is 3.98. The maximum absolute atomic E-state index is 13.4. The molecule has 0 radical (unpaired) electrons. The van der Waals surface area contributed by atoms with Crippen LogP contribution >= 0.6 is 34.5 Å². The summed E-state index contributed by atoms with van der Waals surface area (Å²) in [7, 11) is 0. The fraction of sp³-hybridized carbons (Fsp3) is 0.200. The smallest absolute Gasteiger partial charge is 0.341 e. The summed E-state index contributed by atoms with van der Waals surface area (Å²) in [5.41, 5.74) is 1.26. The van der Waals surface area contributed by atoms with E-state index in [0.29, 0.717) is 15.5 Å². The van der Waals surface area contributed by atoms with Crippen LogP contribution in [-0.2, 0) is 16.1 Å². The van der Waals surface area contributed by atoms with Crippen LogP contribution in [0.3, 0.4) is 0 Å². The Labute approximate surface area is 146 Å². The average molecular weight is 376 g/mol. The third-order valence-corrected chi connectivity index (χ3v) is 4.42. The molecule has 0 saturated carbocycles. The molecule has 0 bridgehead atoms. The van der Waals surface area contributed by atoms with Gasteiger partial charge in [0.2, 0.25) is 0 Å². The number of amides is 1. The summed E-state index contributed by atoms with van der Waals surface area (Å²) in [6.45, 7) is 1.33. The van der Waals surface area contributed by atoms with E-state index in [1.165, 1.54) is 12.1 Å². The number of halogens is 3. The Morgan fingerprint density at radius 3 is 2.65 bits per heavy atom. The first-order valence-corrected chi connectivity index (χ1v) is 8.07. The molecule has 1 aromatic heterocycles. The molecule has 2 aromatic rings. The van der Waals surface area contributed by atoms with Crippen LogP contribution < -0.4 is 5.32 Å². The fourth-order valence-electron chi connectivity index (χ4n) is 1.69. The highest BCUT2D eigenvalue weighted by Crippen LogP contribution is 2.31. The van der Waals surface area contributed by atoms with E-state index in [-0.39, 0.29) is 22.3 Å². The molecule has 0 unspecified atom stereocenters. The van der Waals surface area contributed by atoms with Gasteiger partial charge in [0, 0.05) is 6.54 Å². The zero-order valence-electron chi connectivity index (χ0n) is 12.0. The van der Waals surface area contributed by atoms with E-state index in [2.05, 4.69) is 5.32 Å². The van der Waals surface area contributed by atoms with E-state index in [0.717, 1.165) is 11.3 Å². The predicted molar refractivity (Wildman–Crippen MR) is 87.6 cm³/mol. The molecule has 8 heteroatoms. The second-order valence-corrected chi connectivity index (χ2v) is 6.96. The Bertz CT molecular complexity index is 748. The Morgan fingerprint density at radius 2 is 2.04 bits per heavy atom. The number of benzene rings is 1. The minimum Gasteiger partial charge on any atom is -0.452 e. The second-order valence-electron chi connectivity index (χ2n) is 4.67. The first-order valence-electron chi connectivity index (χ1n) is 6.50. The van der Waals surface area contributed by atoms with Crippen molar-refractivity contribution in [3.8, 4) is 0 Å². The molecular formula is C15H12Cl2FNO3S. The van der Waals surface area contributed by atoms with Crippen molar-refractivity contribution in [2.45, 2.75) is 13.5 Å². The molecule has 0 fully saturated rings. The van der Waals surface area contributed by atoms with Crippen LogP contribution in [-0.4, -0.2) is 18.5 Å². The number of ether oxygens (including phenoxy) is 1. The number of hydrogen-bond acceptors (Lipinski definition) is 4. The highest BCUT2D eigenvalue weighted by molar-refractivity contribution is 7.20. The minimum atomic E-state index is -0.727. The lowest BCUT2D eigenvalue weighted by Crippen LogP contribution is -2.28. The molecule has 4 nitrogen and oxygen atoms in total. The van der Waals surface area contributed by atoms with Gasteiger partial charge in [-0.05, 0) is 30.2 Å². The van der Waals surface area contributed by atoms with Gasteiger partial charge in [-0.3, -0.25) is 4.79 Å². The molecule has 0 aliphatic carbocycles. The Balaban J connectivity index is 1.82. The molecule has 23 heavy (non-hydrogen) atoms.